The van der Waals surface area contributed by atoms with E-state index in [1.807, 2.05) is 20.8 Å². The van der Waals surface area contributed by atoms with Gasteiger partial charge in [-0.05, 0) is 20.8 Å². The first-order valence-electron chi connectivity index (χ1n) is 5.79. The summed E-state index contributed by atoms with van der Waals surface area (Å²) in [5.41, 5.74) is 4.80. The van der Waals surface area contributed by atoms with Crippen molar-refractivity contribution >= 4 is 24.4 Å². The average Bonchev–Trinajstić information content (AvgIpc) is 2.26. The quantitative estimate of drug-likeness (QED) is 0.756. The minimum absolute atomic E-state index is 0. The Morgan fingerprint density at radius 3 is 1.94 bits per heavy atom. The first-order valence-corrected chi connectivity index (χ1v) is 5.79. The highest BCUT2D eigenvalue weighted by atomic mass is 35.5. The van der Waals surface area contributed by atoms with Crippen LogP contribution in [-0.4, -0.2) is 60.1 Å². The SMILES string of the molecule is CC(C)(C)OC(=O)N1CCN(C(=O)CN)CC1.Cl. The third-order valence-corrected chi connectivity index (χ3v) is 2.46. The number of halogens is 1. The van der Waals surface area contributed by atoms with Gasteiger partial charge in [-0.25, -0.2) is 4.79 Å². The van der Waals surface area contributed by atoms with Crippen LogP contribution in [0.25, 0.3) is 0 Å². The lowest BCUT2D eigenvalue weighted by molar-refractivity contribution is -0.131. The molecule has 2 N–H and O–H groups in total. The highest BCUT2D eigenvalue weighted by Gasteiger charge is 2.26. The second kappa shape index (κ2) is 6.80. The van der Waals surface area contributed by atoms with Crippen LogP contribution in [-0.2, 0) is 9.53 Å². The Morgan fingerprint density at radius 2 is 1.56 bits per heavy atom. The first kappa shape index (κ1) is 17.0. The fraction of sp³-hybridized carbons (Fsp3) is 0.818. The van der Waals surface area contributed by atoms with Gasteiger partial charge in [-0.2, -0.15) is 0 Å². The van der Waals surface area contributed by atoms with Crippen molar-refractivity contribution in [2.75, 3.05) is 32.7 Å². The van der Waals surface area contributed by atoms with Crippen molar-refractivity contribution in [1.29, 1.82) is 0 Å². The number of amides is 2. The van der Waals surface area contributed by atoms with Crippen LogP contribution < -0.4 is 5.73 Å². The van der Waals surface area contributed by atoms with E-state index in [4.69, 9.17) is 10.5 Å². The number of piperazine rings is 1. The Hall–Kier alpha value is -1.01. The number of hydrogen-bond acceptors (Lipinski definition) is 4. The van der Waals surface area contributed by atoms with Crippen molar-refractivity contribution in [1.82, 2.24) is 9.80 Å². The second-order valence-corrected chi connectivity index (χ2v) is 5.05. The summed E-state index contributed by atoms with van der Waals surface area (Å²) in [5, 5.41) is 0. The largest absolute Gasteiger partial charge is 0.444 e. The van der Waals surface area contributed by atoms with Crippen LogP contribution in [0.2, 0.25) is 0 Å². The van der Waals surface area contributed by atoms with E-state index in [0.717, 1.165) is 0 Å². The molecule has 7 heteroatoms. The maximum Gasteiger partial charge on any atom is 0.410 e. The number of carbonyl (C=O) groups is 2. The molecule has 0 spiro atoms. The van der Waals surface area contributed by atoms with Crippen LogP contribution in [0, 0.1) is 0 Å². The maximum absolute atomic E-state index is 11.7. The smallest absolute Gasteiger partial charge is 0.410 e. The number of ether oxygens (including phenoxy) is 1. The Labute approximate surface area is 114 Å². The van der Waals surface area contributed by atoms with Gasteiger partial charge in [-0.15, -0.1) is 12.4 Å². The zero-order valence-electron chi connectivity index (χ0n) is 11.1. The zero-order chi connectivity index (χ0) is 13.1. The summed E-state index contributed by atoms with van der Waals surface area (Å²) in [6.45, 7) is 7.57. The van der Waals surface area contributed by atoms with Crippen molar-refractivity contribution in [2.24, 2.45) is 5.73 Å². The summed E-state index contributed by atoms with van der Waals surface area (Å²) >= 11 is 0. The third kappa shape index (κ3) is 5.10. The molecule has 0 aromatic carbocycles. The summed E-state index contributed by atoms with van der Waals surface area (Å²) in [5.74, 6) is -0.0751. The highest BCUT2D eigenvalue weighted by molar-refractivity contribution is 5.85. The molecule has 0 saturated carbocycles. The zero-order valence-corrected chi connectivity index (χ0v) is 12.0. The van der Waals surface area contributed by atoms with Crippen LogP contribution >= 0.6 is 12.4 Å². The van der Waals surface area contributed by atoms with E-state index in [2.05, 4.69) is 0 Å². The molecule has 106 valence electrons. The van der Waals surface area contributed by atoms with Gasteiger partial charge >= 0.3 is 6.09 Å². The van der Waals surface area contributed by atoms with E-state index in [9.17, 15) is 9.59 Å². The molecule has 1 saturated heterocycles. The van der Waals surface area contributed by atoms with Gasteiger partial charge in [0.25, 0.3) is 0 Å². The van der Waals surface area contributed by atoms with Gasteiger partial charge in [0, 0.05) is 26.2 Å². The highest BCUT2D eigenvalue weighted by Crippen LogP contribution is 2.11. The van der Waals surface area contributed by atoms with Gasteiger partial charge in [0.1, 0.15) is 5.60 Å². The molecule has 0 aliphatic carbocycles. The fourth-order valence-corrected chi connectivity index (χ4v) is 1.59. The molecule has 1 heterocycles. The van der Waals surface area contributed by atoms with E-state index in [0.29, 0.717) is 26.2 Å². The lowest BCUT2D eigenvalue weighted by Gasteiger charge is -2.35. The van der Waals surface area contributed by atoms with Crippen LogP contribution in [0.3, 0.4) is 0 Å². The molecule has 0 atom stereocenters. The van der Waals surface area contributed by atoms with Gasteiger partial charge in [-0.1, -0.05) is 0 Å². The third-order valence-electron chi connectivity index (χ3n) is 2.46. The second-order valence-electron chi connectivity index (χ2n) is 5.05. The topological polar surface area (TPSA) is 75.9 Å². The summed E-state index contributed by atoms with van der Waals surface area (Å²) < 4.78 is 5.26. The summed E-state index contributed by atoms with van der Waals surface area (Å²) in [6, 6.07) is 0. The molecule has 0 bridgehead atoms. The van der Waals surface area contributed by atoms with Crippen LogP contribution in [0.1, 0.15) is 20.8 Å². The Bertz CT molecular complexity index is 296. The maximum atomic E-state index is 11.7. The van der Waals surface area contributed by atoms with Gasteiger partial charge < -0.3 is 20.3 Å². The summed E-state index contributed by atoms with van der Waals surface area (Å²) in [6.07, 6.45) is -0.322. The van der Waals surface area contributed by atoms with E-state index >= 15 is 0 Å². The Morgan fingerprint density at radius 1 is 1.11 bits per heavy atom. The molecule has 1 aliphatic heterocycles. The number of carbonyl (C=O) groups excluding carboxylic acids is 2. The first-order chi connectivity index (χ1) is 7.83. The van der Waals surface area contributed by atoms with E-state index in [1.54, 1.807) is 9.80 Å². The summed E-state index contributed by atoms with van der Waals surface area (Å²) in [4.78, 5) is 26.4. The molecule has 6 nitrogen and oxygen atoms in total. The van der Waals surface area contributed by atoms with Gasteiger partial charge in [0.2, 0.25) is 5.91 Å². The Balaban J connectivity index is 0.00000289. The van der Waals surface area contributed by atoms with Crippen LogP contribution in [0.15, 0.2) is 0 Å². The predicted octanol–water partition coefficient (Wildman–Crippen LogP) is 0.446. The average molecular weight is 280 g/mol. The standard InChI is InChI=1S/C11H21N3O3.ClH/c1-11(2,3)17-10(16)14-6-4-13(5-7-14)9(15)8-12;/h4-8,12H2,1-3H3;1H. The molecule has 0 aromatic heterocycles. The molecule has 2 amide bonds. The number of hydrogen-bond donors (Lipinski definition) is 1. The molecule has 1 aliphatic rings. The van der Waals surface area contributed by atoms with Crippen molar-refractivity contribution in [2.45, 2.75) is 26.4 Å². The molecule has 0 aromatic rings. The fourth-order valence-electron chi connectivity index (χ4n) is 1.59. The molecule has 0 unspecified atom stereocenters. The molecular formula is C11H22ClN3O3. The van der Waals surface area contributed by atoms with E-state index in [-0.39, 0.29) is 31.0 Å². The van der Waals surface area contributed by atoms with Gasteiger partial charge in [0.05, 0.1) is 6.54 Å². The van der Waals surface area contributed by atoms with Gasteiger partial charge in [0.15, 0.2) is 0 Å². The van der Waals surface area contributed by atoms with Crippen molar-refractivity contribution in [3.63, 3.8) is 0 Å². The van der Waals surface area contributed by atoms with Gasteiger partial charge in [-0.3, -0.25) is 4.79 Å². The summed E-state index contributed by atoms with van der Waals surface area (Å²) in [7, 11) is 0. The molecule has 18 heavy (non-hydrogen) atoms. The minimum Gasteiger partial charge on any atom is -0.444 e. The number of nitrogens with zero attached hydrogens (tertiary/aromatic N) is 2. The van der Waals surface area contributed by atoms with Crippen molar-refractivity contribution in [3.8, 4) is 0 Å². The molecular weight excluding hydrogens is 258 g/mol. The van der Waals surface area contributed by atoms with Crippen molar-refractivity contribution < 1.29 is 14.3 Å². The monoisotopic (exact) mass is 279 g/mol. The molecule has 0 radical (unpaired) electrons. The van der Waals surface area contributed by atoms with E-state index in [1.165, 1.54) is 0 Å². The minimum atomic E-state index is -0.485. The molecule has 1 rings (SSSR count). The van der Waals surface area contributed by atoms with E-state index < -0.39 is 5.60 Å². The van der Waals surface area contributed by atoms with Crippen LogP contribution in [0.5, 0.6) is 0 Å². The number of nitrogens with two attached hydrogens (primary N) is 1. The normalized spacial score (nSPS) is 16.0. The number of rotatable bonds is 1. The Kier molecular flexibility index (Phi) is 6.42. The lowest BCUT2D eigenvalue weighted by Crippen LogP contribution is -2.52. The predicted molar refractivity (Wildman–Crippen MR) is 70.7 cm³/mol. The molecule has 1 fully saturated rings. The van der Waals surface area contributed by atoms with Crippen molar-refractivity contribution in [3.05, 3.63) is 0 Å². The van der Waals surface area contributed by atoms with Crippen LogP contribution in [0.4, 0.5) is 4.79 Å². The lowest BCUT2D eigenvalue weighted by atomic mass is 10.2.